The van der Waals surface area contributed by atoms with Gasteiger partial charge in [0.25, 0.3) is 5.91 Å². The molecule has 0 radical (unpaired) electrons. The van der Waals surface area contributed by atoms with Gasteiger partial charge < -0.3 is 15.3 Å². The summed E-state index contributed by atoms with van der Waals surface area (Å²) in [6.07, 6.45) is 2.54. The van der Waals surface area contributed by atoms with Crippen molar-refractivity contribution >= 4 is 18.0 Å². The summed E-state index contributed by atoms with van der Waals surface area (Å²) in [5.41, 5.74) is 1.30. The molecule has 0 bridgehead atoms. The van der Waals surface area contributed by atoms with E-state index in [1.54, 1.807) is 24.3 Å². The van der Waals surface area contributed by atoms with Crippen molar-refractivity contribution in [1.29, 1.82) is 0 Å². The van der Waals surface area contributed by atoms with Crippen LogP contribution in [0.1, 0.15) is 15.9 Å². The number of carbonyl (C=O) groups is 2. The van der Waals surface area contributed by atoms with E-state index in [0.29, 0.717) is 12.1 Å². The number of hydrogen-bond donors (Lipinski definition) is 2. The number of hydrogen-bond acceptors (Lipinski definition) is 3. The normalized spacial score (nSPS) is 10.9. The van der Waals surface area contributed by atoms with Crippen LogP contribution in [0.3, 0.4) is 0 Å². The molecule has 0 spiro atoms. The molecule has 0 aliphatic carbocycles. The largest absolute Gasteiger partial charge is 0.478 e. The van der Waals surface area contributed by atoms with Gasteiger partial charge in [-0.1, -0.05) is 12.1 Å². The number of rotatable bonds is 6. The molecule has 0 aliphatic rings. The van der Waals surface area contributed by atoms with Crippen molar-refractivity contribution in [3.05, 3.63) is 41.5 Å². The lowest BCUT2D eigenvalue weighted by Gasteiger charge is -2.10. The Morgan fingerprint density at radius 2 is 1.89 bits per heavy atom. The third-order valence-corrected chi connectivity index (χ3v) is 2.44. The van der Waals surface area contributed by atoms with Gasteiger partial charge in [-0.05, 0) is 37.9 Å². The second kappa shape index (κ2) is 7.33. The summed E-state index contributed by atoms with van der Waals surface area (Å²) in [6, 6.07) is 6.76. The Labute approximate surface area is 112 Å². The first-order chi connectivity index (χ1) is 8.99. The van der Waals surface area contributed by atoms with Crippen molar-refractivity contribution in [2.24, 2.45) is 0 Å². The molecule has 102 valence electrons. The van der Waals surface area contributed by atoms with Crippen molar-refractivity contribution in [2.45, 2.75) is 0 Å². The highest BCUT2D eigenvalue weighted by molar-refractivity contribution is 5.94. The van der Waals surface area contributed by atoms with Gasteiger partial charge in [0.1, 0.15) is 0 Å². The van der Waals surface area contributed by atoms with Crippen molar-refractivity contribution in [2.75, 3.05) is 27.2 Å². The summed E-state index contributed by atoms with van der Waals surface area (Å²) in [6.45, 7) is 1.37. The molecule has 0 saturated carbocycles. The van der Waals surface area contributed by atoms with Crippen LogP contribution in [-0.4, -0.2) is 49.1 Å². The zero-order valence-electron chi connectivity index (χ0n) is 11.1. The Kier molecular flexibility index (Phi) is 5.75. The summed E-state index contributed by atoms with van der Waals surface area (Å²) in [5.74, 6) is -1.12. The van der Waals surface area contributed by atoms with Crippen LogP contribution >= 0.6 is 0 Å². The zero-order chi connectivity index (χ0) is 14.3. The van der Waals surface area contributed by atoms with Crippen LogP contribution in [-0.2, 0) is 4.79 Å². The average molecular weight is 262 g/mol. The summed E-state index contributed by atoms with van der Waals surface area (Å²) in [4.78, 5) is 24.1. The van der Waals surface area contributed by atoms with Crippen LogP contribution in [0.2, 0.25) is 0 Å². The maximum Gasteiger partial charge on any atom is 0.328 e. The number of carboxylic acid groups (broad SMARTS) is 1. The van der Waals surface area contributed by atoms with Gasteiger partial charge >= 0.3 is 5.97 Å². The number of carboxylic acids is 1. The maximum atomic E-state index is 11.8. The predicted molar refractivity (Wildman–Crippen MR) is 74.0 cm³/mol. The molecule has 0 heterocycles. The average Bonchev–Trinajstić information content (AvgIpc) is 2.36. The van der Waals surface area contributed by atoms with Crippen LogP contribution in [0, 0.1) is 0 Å². The fraction of sp³-hybridized carbons (Fsp3) is 0.286. The van der Waals surface area contributed by atoms with E-state index in [1.807, 2.05) is 19.0 Å². The van der Waals surface area contributed by atoms with Crippen LogP contribution in [0.15, 0.2) is 30.3 Å². The third kappa shape index (κ3) is 5.83. The molecule has 0 saturated heterocycles. The van der Waals surface area contributed by atoms with Crippen LogP contribution < -0.4 is 5.32 Å². The first kappa shape index (κ1) is 14.9. The Morgan fingerprint density at radius 3 is 2.42 bits per heavy atom. The van der Waals surface area contributed by atoms with Crippen molar-refractivity contribution < 1.29 is 14.7 Å². The van der Waals surface area contributed by atoms with Crippen molar-refractivity contribution in [3.8, 4) is 0 Å². The molecule has 1 aromatic carbocycles. The number of nitrogens with zero attached hydrogens (tertiary/aromatic N) is 1. The molecule has 0 atom stereocenters. The van der Waals surface area contributed by atoms with Crippen LogP contribution in [0.5, 0.6) is 0 Å². The second-order valence-corrected chi connectivity index (χ2v) is 4.35. The molecule has 0 fully saturated rings. The molecular weight excluding hydrogens is 244 g/mol. The van der Waals surface area contributed by atoms with Gasteiger partial charge in [0.2, 0.25) is 0 Å². The summed E-state index contributed by atoms with van der Waals surface area (Å²) in [7, 11) is 3.88. The maximum absolute atomic E-state index is 11.8. The molecule has 5 nitrogen and oxygen atoms in total. The van der Waals surface area contributed by atoms with Crippen LogP contribution in [0.4, 0.5) is 0 Å². The Balaban J connectivity index is 2.55. The monoisotopic (exact) mass is 262 g/mol. The van der Waals surface area contributed by atoms with Gasteiger partial charge in [-0.25, -0.2) is 4.79 Å². The minimum absolute atomic E-state index is 0.129. The Morgan fingerprint density at radius 1 is 1.26 bits per heavy atom. The highest BCUT2D eigenvalue weighted by atomic mass is 16.4. The Hall–Kier alpha value is -2.14. The van der Waals surface area contributed by atoms with Gasteiger partial charge in [0, 0.05) is 24.7 Å². The number of amides is 1. The van der Waals surface area contributed by atoms with E-state index in [1.165, 1.54) is 6.08 Å². The van der Waals surface area contributed by atoms with Crippen molar-refractivity contribution in [3.63, 3.8) is 0 Å². The van der Waals surface area contributed by atoms with Gasteiger partial charge in [0.15, 0.2) is 0 Å². The van der Waals surface area contributed by atoms with Crippen LogP contribution in [0.25, 0.3) is 6.08 Å². The van der Waals surface area contributed by atoms with E-state index in [-0.39, 0.29) is 5.91 Å². The lowest BCUT2D eigenvalue weighted by molar-refractivity contribution is -0.131. The topological polar surface area (TPSA) is 69.6 Å². The molecule has 1 rings (SSSR count). The van der Waals surface area contributed by atoms with Gasteiger partial charge in [-0.3, -0.25) is 4.79 Å². The summed E-state index contributed by atoms with van der Waals surface area (Å²) in [5, 5.41) is 11.3. The smallest absolute Gasteiger partial charge is 0.328 e. The zero-order valence-corrected chi connectivity index (χ0v) is 11.1. The van der Waals surface area contributed by atoms with Gasteiger partial charge in [-0.2, -0.15) is 0 Å². The molecule has 1 amide bonds. The highest BCUT2D eigenvalue weighted by Gasteiger charge is 2.04. The van der Waals surface area contributed by atoms with E-state index in [2.05, 4.69) is 5.32 Å². The van der Waals surface area contributed by atoms with E-state index in [4.69, 9.17) is 5.11 Å². The first-order valence-electron chi connectivity index (χ1n) is 5.93. The quantitative estimate of drug-likeness (QED) is 0.753. The van der Waals surface area contributed by atoms with E-state index in [0.717, 1.165) is 18.2 Å². The predicted octanol–water partition coefficient (Wildman–Crippen LogP) is 1.08. The minimum Gasteiger partial charge on any atom is -0.478 e. The summed E-state index contributed by atoms with van der Waals surface area (Å²) >= 11 is 0. The third-order valence-electron chi connectivity index (χ3n) is 2.44. The molecule has 5 heteroatoms. The second-order valence-electron chi connectivity index (χ2n) is 4.35. The van der Waals surface area contributed by atoms with E-state index in [9.17, 15) is 9.59 Å². The fourth-order valence-corrected chi connectivity index (χ4v) is 1.41. The van der Waals surface area contributed by atoms with Gasteiger partial charge in [-0.15, -0.1) is 0 Å². The Bertz CT molecular complexity index is 464. The number of nitrogens with one attached hydrogen (secondary N) is 1. The highest BCUT2D eigenvalue weighted by Crippen LogP contribution is 2.06. The molecular formula is C14H18N2O3. The molecule has 0 aromatic heterocycles. The van der Waals surface area contributed by atoms with Gasteiger partial charge in [0.05, 0.1) is 0 Å². The molecule has 1 aromatic rings. The summed E-state index contributed by atoms with van der Waals surface area (Å²) < 4.78 is 0. The number of aliphatic carboxylic acids is 1. The minimum atomic E-state index is -0.995. The SMILES string of the molecule is CN(C)CCNC(=O)c1ccc(C=CC(=O)O)cc1. The molecule has 0 aliphatic heterocycles. The van der Waals surface area contributed by atoms with E-state index < -0.39 is 5.97 Å². The number of likely N-dealkylation sites (N-methyl/N-ethyl adjacent to an activating group) is 1. The fourth-order valence-electron chi connectivity index (χ4n) is 1.41. The lowest BCUT2D eigenvalue weighted by atomic mass is 10.1. The molecule has 19 heavy (non-hydrogen) atoms. The van der Waals surface area contributed by atoms with E-state index >= 15 is 0 Å². The lowest BCUT2D eigenvalue weighted by Crippen LogP contribution is -2.31. The standard InChI is InChI=1S/C14H18N2O3/c1-16(2)10-9-15-14(19)12-6-3-11(4-7-12)5-8-13(17)18/h3-8H,9-10H2,1-2H3,(H,15,19)(H,17,18). The molecule has 0 unspecified atom stereocenters. The number of carbonyl (C=O) groups excluding carboxylic acids is 1. The number of benzene rings is 1. The first-order valence-corrected chi connectivity index (χ1v) is 5.93. The van der Waals surface area contributed by atoms with Crippen molar-refractivity contribution in [1.82, 2.24) is 10.2 Å². The molecule has 2 N–H and O–H groups in total.